The van der Waals surface area contributed by atoms with Gasteiger partial charge in [-0.1, -0.05) is 32.7 Å². The van der Waals surface area contributed by atoms with E-state index in [9.17, 15) is 10.1 Å². The van der Waals surface area contributed by atoms with Gasteiger partial charge >= 0.3 is 0 Å². The largest absolute Gasteiger partial charge is 0.375 e. The quantitative estimate of drug-likeness (QED) is 0.187. The third kappa shape index (κ3) is 10.3. The van der Waals surface area contributed by atoms with E-state index in [-0.39, 0.29) is 19.2 Å². The molecular weight excluding hydrogens is 480 g/mol. The topological polar surface area (TPSA) is 128 Å². The van der Waals surface area contributed by atoms with E-state index in [0.29, 0.717) is 44.1 Å². The Hall–Kier alpha value is -2.62. The molecule has 190 valence electrons. The average molecular weight is 517 g/mol. The Morgan fingerprint density at radius 3 is 1.97 bits per heavy atom. The SMILES string of the molecule is C[Si](C)(C)CCOCn1nc(COCC[Si](C)(C)CCOCn2nc(C=O)cc2C#N)cc1C#N. The second-order valence-corrected chi connectivity index (χ2v) is 21.4. The molecule has 0 aliphatic heterocycles. The molecule has 10 nitrogen and oxygen atoms in total. The summed E-state index contributed by atoms with van der Waals surface area (Å²) < 4.78 is 20.2. The molecule has 0 radical (unpaired) electrons. The second-order valence-electron chi connectivity index (χ2n) is 10.4. The van der Waals surface area contributed by atoms with Gasteiger partial charge in [0.1, 0.15) is 42.7 Å². The van der Waals surface area contributed by atoms with Gasteiger partial charge in [-0.05, 0) is 24.2 Å². The predicted molar refractivity (Wildman–Crippen MR) is 136 cm³/mol. The summed E-state index contributed by atoms with van der Waals surface area (Å²) in [6.45, 7) is 14.1. The Kier molecular flexibility index (Phi) is 11.0. The zero-order valence-corrected chi connectivity index (χ0v) is 23.4. The predicted octanol–water partition coefficient (Wildman–Crippen LogP) is 3.85. The van der Waals surface area contributed by atoms with Gasteiger partial charge in [0, 0.05) is 34.0 Å². The van der Waals surface area contributed by atoms with Crippen LogP contribution < -0.4 is 0 Å². The van der Waals surface area contributed by atoms with Crippen molar-refractivity contribution in [3.05, 3.63) is 34.9 Å². The third-order valence-electron chi connectivity index (χ3n) is 5.50. The number of ether oxygens (including phenoxy) is 3. The molecule has 0 spiro atoms. The maximum absolute atomic E-state index is 10.8. The molecule has 2 rings (SSSR count). The summed E-state index contributed by atoms with van der Waals surface area (Å²) >= 11 is 0. The molecule has 0 bridgehead atoms. The van der Waals surface area contributed by atoms with E-state index >= 15 is 0 Å². The fourth-order valence-electron chi connectivity index (χ4n) is 3.09. The van der Waals surface area contributed by atoms with Crippen molar-refractivity contribution < 1.29 is 19.0 Å². The molecule has 0 unspecified atom stereocenters. The first-order chi connectivity index (χ1) is 16.6. The maximum Gasteiger partial charge on any atom is 0.170 e. The molecule has 0 aliphatic carbocycles. The first kappa shape index (κ1) is 28.6. The van der Waals surface area contributed by atoms with Crippen molar-refractivity contribution in [2.75, 3.05) is 19.8 Å². The summed E-state index contributed by atoms with van der Waals surface area (Å²) in [4.78, 5) is 10.8. The molecule has 12 heteroatoms. The number of rotatable bonds is 16. The smallest absolute Gasteiger partial charge is 0.170 e. The van der Waals surface area contributed by atoms with Gasteiger partial charge in [-0.3, -0.25) is 4.79 Å². The van der Waals surface area contributed by atoms with Gasteiger partial charge in [0.05, 0.1) is 20.4 Å². The number of carbonyl (C=O) groups excluding carboxylic acids is 1. The molecule has 0 saturated carbocycles. The molecule has 35 heavy (non-hydrogen) atoms. The Labute approximate surface area is 209 Å². The molecular formula is C23H36N6O4Si2. The molecule has 0 amide bonds. The van der Waals surface area contributed by atoms with E-state index in [0.717, 1.165) is 23.8 Å². The van der Waals surface area contributed by atoms with Crippen LogP contribution in [0.1, 0.15) is 27.6 Å². The van der Waals surface area contributed by atoms with E-state index in [4.69, 9.17) is 19.5 Å². The van der Waals surface area contributed by atoms with Crippen LogP contribution in [0.4, 0.5) is 0 Å². The highest BCUT2D eigenvalue weighted by molar-refractivity contribution is 6.77. The number of hydrogen-bond donors (Lipinski definition) is 0. The highest BCUT2D eigenvalue weighted by atomic mass is 28.3. The average Bonchev–Trinajstić information content (AvgIpc) is 3.39. The lowest BCUT2D eigenvalue weighted by molar-refractivity contribution is 0.0758. The summed E-state index contributed by atoms with van der Waals surface area (Å²) in [5.74, 6) is 0. The molecule has 0 fully saturated rings. The van der Waals surface area contributed by atoms with Crippen molar-refractivity contribution in [2.24, 2.45) is 0 Å². The number of nitrogens with zero attached hydrogens (tertiary/aromatic N) is 6. The van der Waals surface area contributed by atoms with Gasteiger partial charge < -0.3 is 14.2 Å². The minimum atomic E-state index is -1.55. The zero-order chi connectivity index (χ0) is 25.9. The fraction of sp³-hybridized carbons (Fsp3) is 0.609. The monoisotopic (exact) mass is 516 g/mol. The van der Waals surface area contributed by atoms with Crippen LogP contribution in [0.5, 0.6) is 0 Å². The Morgan fingerprint density at radius 2 is 1.40 bits per heavy atom. The second kappa shape index (κ2) is 13.5. The molecule has 0 saturated heterocycles. The number of aromatic nitrogens is 4. The normalized spacial score (nSPS) is 11.9. The van der Waals surface area contributed by atoms with E-state index in [1.54, 1.807) is 10.7 Å². The summed E-state index contributed by atoms with van der Waals surface area (Å²) in [6, 6.07) is 10.3. The summed E-state index contributed by atoms with van der Waals surface area (Å²) in [7, 11) is -2.70. The van der Waals surface area contributed by atoms with Crippen LogP contribution in [0.25, 0.3) is 0 Å². The molecule has 0 N–H and O–H groups in total. The Morgan fingerprint density at radius 1 is 0.857 bits per heavy atom. The summed E-state index contributed by atoms with van der Waals surface area (Å²) in [5, 5.41) is 27.0. The van der Waals surface area contributed by atoms with Gasteiger partial charge in [0.15, 0.2) is 6.29 Å². The van der Waals surface area contributed by atoms with Gasteiger partial charge in [-0.2, -0.15) is 20.7 Å². The molecule has 0 aliphatic rings. The van der Waals surface area contributed by atoms with Crippen LogP contribution in [0, 0.1) is 22.7 Å². The Balaban J connectivity index is 1.69. The molecule has 2 aromatic rings. The van der Waals surface area contributed by atoms with Crippen molar-refractivity contribution in [2.45, 2.75) is 70.9 Å². The first-order valence-corrected chi connectivity index (χ1v) is 18.8. The summed E-state index contributed by atoms with van der Waals surface area (Å²) in [5.41, 5.74) is 1.72. The standard InChI is InChI=1S/C23H36N6O4Si2/c1-34(2,3)9-6-32-19-29-23(15-25)13-21(27-29)17-31-7-10-35(4,5)11-8-33-18-28-22(14-24)12-20(16-30)26-28/h12-13,16H,6-11,17-19H2,1-5H3. The fourth-order valence-corrected chi connectivity index (χ4v) is 5.49. The lowest BCUT2D eigenvalue weighted by atomic mass is 10.4. The van der Waals surface area contributed by atoms with Crippen LogP contribution in [0.2, 0.25) is 50.9 Å². The third-order valence-corrected chi connectivity index (χ3v) is 10.3. The van der Waals surface area contributed by atoms with Crippen molar-refractivity contribution in [1.29, 1.82) is 10.5 Å². The van der Waals surface area contributed by atoms with Gasteiger partial charge in [0.25, 0.3) is 0 Å². The maximum atomic E-state index is 10.8. The van der Waals surface area contributed by atoms with Crippen LogP contribution in [0.15, 0.2) is 12.1 Å². The molecule has 2 aromatic heterocycles. The lowest BCUT2D eigenvalue weighted by Gasteiger charge is -2.22. The number of aldehydes is 1. The first-order valence-electron chi connectivity index (χ1n) is 11.7. The van der Waals surface area contributed by atoms with Crippen LogP contribution >= 0.6 is 0 Å². The summed E-state index contributed by atoms with van der Waals surface area (Å²) in [6.07, 6.45) is 0.613. The number of hydrogen-bond acceptors (Lipinski definition) is 8. The number of carbonyl (C=O) groups is 1. The molecule has 2 heterocycles. The van der Waals surface area contributed by atoms with Gasteiger partial charge in [-0.25, -0.2) is 9.36 Å². The van der Waals surface area contributed by atoms with Crippen molar-refractivity contribution >= 4 is 22.4 Å². The van der Waals surface area contributed by atoms with Crippen molar-refractivity contribution in [1.82, 2.24) is 19.6 Å². The van der Waals surface area contributed by atoms with E-state index < -0.39 is 16.1 Å². The zero-order valence-electron chi connectivity index (χ0n) is 21.4. The van der Waals surface area contributed by atoms with Crippen molar-refractivity contribution in [3.63, 3.8) is 0 Å². The number of nitriles is 2. The van der Waals surface area contributed by atoms with Gasteiger partial charge in [-0.15, -0.1) is 0 Å². The van der Waals surface area contributed by atoms with E-state index in [1.807, 2.05) is 6.07 Å². The minimum Gasteiger partial charge on any atom is -0.375 e. The Bertz CT molecular complexity index is 1050. The van der Waals surface area contributed by atoms with Gasteiger partial charge in [0.2, 0.25) is 0 Å². The van der Waals surface area contributed by atoms with Crippen LogP contribution in [0.3, 0.4) is 0 Å². The molecule has 0 aromatic carbocycles. The van der Waals surface area contributed by atoms with Crippen LogP contribution in [-0.2, 0) is 34.3 Å². The highest BCUT2D eigenvalue weighted by Crippen LogP contribution is 2.16. The minimum absolute atomic E-state index is 0.142. The van der Waals surface area contributed by atoms with E-state index in [1.165, 1.54) is 10.7 Å². The highest BCUT2D eigenvalue weighted by Gasteiger charge is 2.20. The molecule has 0 atom stereocenters. The van der Waals surface area contributed by atoms with Crippen LogP contribution in [-0.4, -0.2) is 61.8 Å². The van der Waals surface area contributed by atoms with Crippen molar-refractivity contribution in [3.8, 4) is 12.1 Å². The van der Waals surface area contributed by atoms with E-state index in [2.05, 4.69) is 49.0 Å². The lowest BCUT2D eigenvalue weighted by Crippen LogP contribution is -2.29.